The number of hydrogen-bond acceptors (Lipinski definition) is 2. The van der Waals surface area contributed by atoms with Crippen molar-refractivity contribution in [2.45, 2.75) is 6.92 Å². The van der Waals surface area contributed by atoms with Gasteiger partial charge < -0.3 is 0 Å². The van der Waals surface area contributed by atoms with Crippen molar-refractivity contribution in [2.24, 2.45) is 0 Å². The van der Waals surface area contributed by atoms with Gasteiger partial charge in [-0.05, 0) is 18.6 Å². The van der Waals surface area contributed by atoms with E-state index in [1.807, 2.05) is 6.07 Å². The molecule has 0 aliphatic heterocycles. The lowest BCUT2D eigenvalue weighted by Gasteiger charge is -2.08. The summed E-state index contributed by atoms with van der Waals surface area (Å²) in [6.45, 7) is 1.57. The third-order valence-electron chi connectivity index (χ3n) is 3.15. The van der Waals surface area contributed by atoms with Crippen molar-refractivity contribution < 1.29 is 8.78 Å². The Morgan fingerprint density at radius 2 is 1.65 bits per heavy atom. The smallest absolute Gasteiger partial charge is 0.159 e. The Morgan fingerprint density at radius 1 is 0.950 bits per heavy atom. The molecule has 1 heterocycles. The molecule has 2 nitrogen and oxygen atoms in total. The van der Waals surface area contributed by atoms with E-state index in [-0.39, 0.29) is 10.7 Å². The molecule has 0 aliphatic rings. The monoisotopic (exact) mass is 290 g/mol. The average Bonchev–Trinajstić information content (AvgIpc) is 2.44. The Balaban J connectivity index is 2.36. The summed E-state index contributed by atoms with van der Waals surface area (Å²) in [5, 5.41) is 9.41. The summed E-state index contributed by atoms with van der Waals surface area (Å²) in [4.78, 5) is 0. The molecule has 3 aromatic rings. The van der Waals surface area contributed by atoms with Crippen molar-refractivity contribution in [3.8, 4) is 11.3 Å². The molecule has 0 amide bonds. The van der Waals surface area contributed by atoms with Gasteiger partial charge in [0.15, 0.2) is 5.15 Å². The highest BCUT2D eigenvalue weighted by atomic mass is 35.5. The van der Waals surface area contributed by atoms with E-state index in [0.29, 0.717) is 22.0 Å². The second kappa shape index (κ2) is 4.80. The molecule has 3 rings (SSSR count). The zero-order chi connectivity index (χ0) is 14.3. The minimum atomic E-state index is -0.671. The van der Waals surface area contributed by atoms with Gasteiger partial charge in [0, 0.05) is 22.4 Å². The minimum Gasteiger partial charge on any atom is -0.207 e. The number of halogens is 3. The van der Waals surface area contributed by atoms with Crippen LogP contribution in [0.4, 0.5) is 8.78 Å². The number of fused-ring (bicyclic) bond motifs is 1. The van der Waals surface area contributed by atoms with Crippen molar-refractivity contribution in [2.75, 3.05) is 0 Å². The highest BCUT2D eigenvalue weighted by molar-refractivity contribution is 6.34. The second-order valence-electron chi connectivity index (χ2n) is 4.47. The van der Waals surface area contributed by atoms with Gasteiger partial charge in [0.1, 0.15) is 17.3 Å². The maximum absolute atomic E-state index is 14.0. The third kappa shape index (κ3) is 2.02. The number of aryl methyl sites for hydroxylation is 1. The van der Waals surface area contributed by atoms with E-state index in [2.05, 4.69) is 10.2 Å². The topological polar surface area (TPSA) is 25.8 Å². The van der Waals surface area contributed by atoms with Crippen molar-refractivity contribution >= 4 is 22.4 Å². The molecule has 20 heavy (non-hydrogen) atoms. The molecular weight excluding hydrogens is 282 g/mol. The zero-order valence-electron chi connectivity index (χ0n) is 10.5. The summed E-state index contributed by atoms with van der Waals surface area (Å²) in [6.07, 6.45) is 0. The summed E-state index contributed by atoms with van der Waals surface area (Å²) in [5.74, 6) is -1.26. The van der Waals surface area contributed by atoms with Gasteiger partial charge in [0.25, 0.3) is 0 Å². The van der Waals surface area contributed by atoms with Crippen LogP contribution in [0.3, 0.4) is 0 Å². The maximum atomic E-state index is 14.0. The quantitative estimate of drug-likeness (QED) is 0.658. The lowest BCUT2D eigenvalue weighted by molar-refractivity contribution is 0.579. The van der Waals surface area contributed by atoms with Crippen LogP contribution in [0, 0.1) is 18.6 Å². The lowest BCUT2D eigenvalue weighted by atomic mass is 10.0. The normalized spacial score (nSPS) is 11.0. The molecule has 0 atom stereocenters. The molecule has 0 saturated carbocycles. The Bertz CT molecular complexity index is 818. The van der Waals surface area contributed by atoms with E-state index in [1.165, 1.54) is 6.07 Å². The van der Waals surface area contributed by atoms with Gasteiger partial charge in [0.05, 0.1) is 0 Å². The SMILES string of the molecule is Cc1cc(-c2nnc(Cl)c3ccccc23)c(F)cc1F. The predicted molar refractivity (Wildman–Crippen MR) is 74.6 cm³/mol. The van der Waals surface area contributed by atoms with Crippen LogP contribution >= 0.6 is 11.6 Å². The fraction of sp³-hybridized carbons (Fsp3) is 0.0667. The van der Waals surface area contributed by atoms with E-state index in [9.17, 15) is 8.78 Å². The fourth-order valence-electron chi connectivity index (χ4n) is 2.11. The molecule has 0 unspecified atom stereocenters. The Labute approximate surface area is 119 Å². The van der Waals surface area contributed by atoms with Crippen LogP contribution < -0.4 is 0 Å². The first-order chi connectivity index (χ1) is 9.58. The number of rotatable bonds is 1. The first-order valence-corrected chi connectivity index (χ1v) is 6.32. The lowest BCUT2D eigenvalue weighted by Crippen LogP contribution is -1.96. The van der Waals surface area contributed by atoms with Crippen molar-refractivity contribution in [1.82, 2.24) is 10.2 Å². The number of hydrogen-bond donors (Lipinski definition) is 0. The van der Waals surface area contributed by atoms with Gasteiger partial charge in [0.2, 0.25) is 0 Å². The van der Waals surface area contributed by atoms with Gasteiger partial charge in [-0.1, -0.05) is 35.9 Å². The van der Waals surface area contributed by atoms with E-state index >= 15 is 0 Å². The standard InChI is InChI=1S/C15H9ClF2N2/c1-8-6-11(13(18)7-12(8)17)14-9-4-2-3-5-10(9)15(16)20-19-14/h2-7H,1H3. The van der Waals surface area contributed by atoms with E-state index in [0.717, 1.165) is 6.07 Å². The molecule has 5 heteroatoms. The van der Waals surface area contributed by atoms with E-state index in [4.69, 9.17) is 11.6 Å². The molecule has 1 aromatic heterocycles. The molecule has 100 valence electrons. The molecule has 0 saturated heterocycles. The third-order valence-corrected chi connectivity index (χ3v) is 3.42. The summed E-state index contributed by atoms with van der Waals surface area (Å²) in [7, 11) is 0. The van der Waals surface area contributed by atoms with Crippen molar-refractivity contribution in [3.63, 3.8) is 0 Å². The largest absolute Gasteiger partial charge is 0.207 e. The van der Waals surface area contributed by atoms with Gasteiger partial charge in [-0.3, -0.25) is 0 Å². The van der Waals surface area contributed by atoms with Gasteiger partial charge >= 0.3 is 0 Å². The first-order valence-electron chi connectivity index (χ1n) is 5.95. The number of aromatic nitrogens is 2. The molecule has 0 aliphatic carbocycles. The summed E-state index contributed by atoms with van der Waals surface area (Å²) in [5.41, 5.74) is 0.914. The predicted octanol–water partition coefficient (Wildman–Crippen LogP) is 4.54. The van der Waals surface area contributed by atoms with E-state index in [1.54, 1.807) is 25.1 Å². The Kier molecular flexibility index (Phi) is 3.10. The number of nitrogens with zero attached hydrogens (tertiary/aromatic N) is 2. The maximum Gasteiger partial charge on any atom is 0.159 e. The highest BCUT2D eigenvalue weighted by Gasteiger charge is 2.15. The fourth-order valence-corrected chi connectivity index (χ4v) is 2.31. The Hall–Kier alpha value is -2.07. The first kappa shape index (κ1) is 12.9. The molecule has 0 N–H and O–H groups in total. The minimum absolute atomic E-state index is 0.212. The van der Waals surface area contributed by atoms with Gasteiger partial charge in [-0.15, -0.1) is 10.2 Å². The molecular formula is C15H9ClF2N2. The van der Waals surface area contributed by atoms with Gasteiger partial charge in [-0.2, -0.15) is 0 Å². The van der Waals surface area contributed by atoms with Crippen LogP contribution in [-0.4, -0.2) is 10.2 Å². The number of benzene rings is 2. The van der Waals surface area contributed by atoms with Gasteiger partial charge in [-0.25, -0.2) is 8.78 Å². The van der Waals surface area contributed by atoms with Crippen molar-refractivity contribution in [3.05, 3.63) is 58.7 Å². The van der Waals surface area contributed by atoms with Crippen LogP contribution in [-0.2, 0) is 0 Å². The molecule has 0 radical (unpaired) electrons. The second-order valence-corrected chi connectivity index (χ2v) is 4.82. The summed E-state index contributed by atoms with van der Waals surface area (Å²) < 4.78 is 27.4. The summed E-state index contributed by atoms with van der Waals surface area (Å²) in [6, 6.07) is 9.46. The highest BCUT2D eigenvalue weighted by Crippen LogP contribution is 2.31. The Morgan fingerprint density at radius 3 is 2.40 bits per heavy atom. The van der Waals surface area contributed by atoms with Crippen LogP contribution in [0.5, 0.6) is 0 Å². The van der Waals surface area contributed by atoms with Crippen LogP contribution in [0.25, 0.3) is 22.0 Å². The zero-order valence-corrected chi connectivity index (χ0v) is 11.2. The van der Waals surface area contributed by atoms with Crippen LogP contribution in [0.2, 0.25) is 5.15 Å². The van der Waals surface area contributed by atoms with Crippen LogP contribution in [0.1, 0.15) is 5.56 Å². The molecule has 2 aromatic carbocycles. The summed E-state index contributed by atoms with van der Waals surface area (Å²) >= 11 is 5.99. The average molecular weight is 291 g/mol. The van der Waals surface area contributed by atoms with Crippen LogP contribution in [0.15, 0.2) is 36.4 Å². The molecule has 0 spiro atoms. The van der Waals surface area contributed by atoms with E-state index < -0.39 is 11.6 Å². The van der Waals surface area contributed by atoms with Crippen molar-refractivity contribution in [1.29, 1.82) is 0 Å². The molecule has 0 fully saturated rings. The molecule has 0 bridgehead atoms.